The SMILES string of the molecule is CCCNC(CC)c1ccc(N(C)C2CCSC2)cn1. The molecule has 1 aromatic heterocycles. The predicted molar refractivity (Wildman–Crippen MR) is 89.7 cm³/mol. The summed E-state index contributed by atoms with van der Waals surface area (Å²) in [4.78, 5) is 7.07. The first-order chi connectivity index (χ1) is 9.76. The zero-order valence-corrected chi connectivity index (χ0v) is 13.7. The second-order valence-corrected chi connectivity index (χ2v) is 6.63. The highest BCUT2D eigenvalue weighted by Gasteiger charge is 2.20. The first-order valence-corrected chi connectivity index (χ1v) is 8.91. The summed E-state index contributed by atoms with van der Waals surface area (Å²) in [6.45, 7) is 5.47. The molecule has 2 unspecified atom stereocenters. The largest absolute Gasteiger partial charge is 0.370 e. The van der Waals surface area contributed by atoms with E-state index in [4.69, 9.17) is 0 Å². The van der Waals surface area contributed by atoms with Gasteiger partial charge in [0.25, 0.3) is 0 Å². The van der Waals surface area contributed by atoms with Crippen LogP contribution in [0.5, 0.6) is 0 Å². The molecule has 1 aromatic rings. The van der Waals surface area contributed by atoms with Crippen molar-refractivity contribution in [3.63, 3.8) is 0 Å². The Labute approximate surface area is 127 Å². The number of aromatic nitrogens is 1. The van der Waals surface area contributed by atoms with Crippen LogP contribution in [0, 0.1) is 0 Å². The van der Waals surface area contributed by atoms with Crippen molar-refractivity contribution in [1.29, 1.82) is 0 Å². The maximum absolute atomic E-state index is 4.68. The van der Waals surface area contributed by atoms with Crippen LogP contribution in [0.2, 0.25) is 0 Å². The molecule has 1 aliphatic rings. The van der Waals surface area contributed by atoms with E-state index in [0.717, 1.165) is 19.4 Å². The van der Waals surface area contributed by atoms with E-state index in [1.54, 1.807) is 0 Å². The lowest BCUT2D eigenvalue weighted by atomic mass is 10.1. The van der Waals surface area contributed by atoms with E-state index in [1.807, 2.05) is 6.20 Å². The normalized spacial score (nSPS) is 20.1. The van der Waals surface area contributed by atoms with Crippen molar-refractivity contribution < 1.29 is 0 Å². The fourth-order valence-electron chi connectivity index (χ4n) is 2.63. The Morgan fingerprint density at radius 1 is 1.45 bits per heavy atom. The standard InChI is InChI=1S/C16H27N3S/c1-4-9-17-15(5-2)16-7-6-13(11-18-16)19(3)14-8-10-20-12-14/h6-7,11,14-15,17H,4-5,8-10,12H2,1-3H3. The first kappa shape index (κ1) is 15.6. The Morgan fingerprint density at radius 3 is 2.85 bits per heavy atom. The Bertz CT molecular complexity index is 387. The molecule has 0 radical (unpaired) electrons. The summed E-state index contributed by atoms with van der Waals surface area (Å²) >= 11 is 2.05. The lowest BCUT2D eigenvalue weighted by molar-refractivity contribution is 0.507. The lowest BCUT2D eigenvalue weighted by Gasteiger charge is -2.26. The number of thioether (sulfide) groups is 1. The van der Waals surface area contributed by atoms with Gasteiger partial charge in [0.2, 0.25) is 0 Å². The van der Waals surface area contributed by atoms with Gasteiger partial charge in [-0.25, -0.2) is 0 Å². The molecule has 112 valence electrons. The van der Waals surface area contributed by atoms with Gasteiger partial charge in [0.05, 0.1) is 17.6 Å². The maximum Gasteiger partial charge on any atom is 0.0574 e. The second-order valence-electron chi connectivity index (χ2n) is 5.48. The topological polar surface area (TPSA) is 28.2 Å². The molecule has 2 heterocycles. The smallest absolute Gasteiger partial charge is 0.0574 e. The molecule has 1 N–H and O–H groups in total. The zero-order valence-electron chi connectivity index (χ0n) is 12.9. The van der Waals surface area contributed by atoms with Gasteiger partial charge in [0, 0.05) is 24.9 Å². The Kier molecular flexibility index (Phi) is 6.17. The Morgan fingerprint density at radius 2 is 2.30 bits per heavy atom. The molecule has 0 bridgehead atoms. The highest BCUT2D eigenvalue weighted by molar-refractivity contribution is 7.99. The minimum atomic E-state index is 0.386. The summed E-state index contributed by atoms with van der Waals surface area (Å²) in [5.41, 5.74) is 2.41. The van der Waals surface area contributed by atoms with E-state index in [9.17, 15) is 0 Å². The van der Waals surface area contributed by atoms with Gasteiger partial charge in [-0.05, 0) is 43.7 Å². The molecule has 2 rings (SSSR count). The monoisotopic (exact) mass is 293 g/mol. The molecule has 0 spiro atoms. The number of anilines is 1. The summed E-state index contributed by atoms with van der Waals surface area (Å²) in [5.74, 6) is 2.53. The zero-order chi connectivity index (χ0) is 14.4. The summed E-state index contributed by atoms with van der Waals surface area (Å²) < 4.78 is 0. The van der Waals surface area contributed by atoms with E-state index < -0.39 is 0 Å². The molecular formula is C16H27N3S. The predicted octanol–water partition coefficient (Wildman–Crippen LogP) is 3.47. The fourth-order valence-corrected chi connectivity index (χ4v) is 3.89. The average molecular weight is 293 g/mol. The first-order valence-electron chi connectivity index (χ1n) is 7.76. The number of pyridine rings is 1. The third kappa shape index (κ3) is 3.89. The summed E-state index contributed by atoms with van der Waals surface area (Å²) in [5, 5.41) is 3.56. The van der Waals surface area contributed by atoms with Crippen LogP contribution < -0.4 is 10.2 Å². The van der Waals surface area contributed by atoms with Gasteiger partial charge in [-0.1, -0.05) is 13.8 Å². The molecule has 1 aliphatic heterocycles. The number of rotatable bonds is 7. The van der Waals surface area contributed by atoms with Gasteiger partial charge < -0.3 is 10.2 Å². The molecule has 0 saturated carbocycles. The van der Waals surface area contributed by atoms with Crippen molar-refractivity contribution in [2.45, 2.75) is 45.2 Å². The van der Waals surface area contributed by atoms with Crippen LogP contribution in [0.3, 0.4) is 0 Å². The lowest BCUT2D eigenvalue weighted by Crippen LogP contribution is -2.31. The van der Waals surface area contributed by atoms with Crippen LogP contribution in [0.25, 0.3) is 0 Å². The molecule has 20 heavy (non-hydrogen) atoms. The number of hydrogen-bond donors (Lipinski definition) is 1. The Hall–Kier alpha value is -0.740. The second kappa shape index (κ2) is 7.89. The molecule has 0 aromatic carbocycles. The van der Waals surface area contributed by atoms with Crippen LogP contribution in [0.15, 0.2) is 18.3 Å². The van der Waals surface area contributed by atoms with Crippen molar-refractivity contribution in [3.8, 4) is 0 Å². The third-order valence-corrected chi connectivity index (χ3v) is 5.18. The third-order valence-electron chi connectivity index (χ3n) is 4.04. The number of nitrogens with zero attached hydrogens (tertiary/aromatic N) is 2. The Balaban J connectivity index is 2.00. The molecular weight excluding hydrogens is 266 g/mol. The van der Waals surface area contributed by atoms with E-state index >= 15 is 0 Å². The number of hydrogen-bond acceptors (Lipinski definition) is 4. The molecule has 1 saturated heterocycles. The van der Waals surface area contributed by atoms with Gasteiger partial charge in [0.1, 0.15) is 0 Å². The van der Waals surface area contributed by atoms with Crippen molar-refractivity contribution >= 4 is 17.4 Å². The van der Waals surface area contributed by atoms with Gasteiger partial charge in [0.15, 0.2) is 0 Å². The van der Waals surface area contributed by atoms with Crippen LogP contribution in [0.1, 0.15) is 44.8 Å². The van der Waals surface area contributed by atoms with Gasteiger partial charge in [-0.2, -0.15) is 11.8 Å². The van der Waals surface area contributed by atoms with Crippen LogP contribution in [0.4, 0.5) is 5.69 Å². The summed E-state index contributed by atoms with van der Waals surface area (Å²) in [6.07, 6.45) is 5.57. The molecule has 0 amide bonds. The van der Waals surface area contributed by atoms with Crippen molar-refractivity contribution in [3.05, 3.63) is 24.0 Å². The molecule has 4 heteroatoms. The average Bonchev–Trinajstić information content (AvgIpc) is 3.02. The fraction of sp³-hybridized carbons (Fsp3) is 0.688. The van der Waals surface area contributed by atoms with Gasteiger partial charge in [-0.15, -0.1) is 0 Å². The molecule has 3 nitrogen and oxygen atoms in total. The molecule has 0 aliphatic carbocycles. The minimum Gasteiger partial charge on any atom is -0.370 e. The van der Waals surface area contributed by atoms with Gasteiger partial charge >= 0.3 is 0 Å². The van der Waals surface area contributed by atoms with Crippen molar-refractivity contribution in [1.82, 2.24) is 10.3 Å². The van der Waals surface area contributed by atoms with Crippen LogP contribution in [-0.4, -0.2) is 36.1 Å². The maximum atomic E-state index is 4.68. The summed E-state index contributed by atoms with van der Waals surface area (Å²) in [7, 11) is 2.19. The van der Waals surface area contributed by atoms with Crippen LogP contribution in [-0.2, 0) is 0 Å². The van der Waals surface area contributed by atoms with E-state index in [1.165, 1.54) is 29.3 Å². The van der Waals surface area contributed by atoms with Crippen molar-refractivity contribution in [2.24, 2.45) is 0 Å². The van der Waals surface area contributed by atoms with E-state index in [0.29, 0.717) is 12.1 Å². The quantitative estimate of drug-likeness (QED) is 0.833. The van der Waals surface area contributed by atoms with Crippen LogP contribution >= 0.6 is 11.8 Å². The van der Waals surface area contributed by atoms with E-state index in [-0.39, 0.29) is 0 Å². The highest BCUT2D eigenvalue weighted by Crippen LogP contribution is 2.26. The summed E-state index contributed by atoms with van der Waals surface area (Å²) in [6, 6.07) is 5.47. The molecule has 1 fully saturated rings. The number of nitrogens with one attached hydrogen (secondary N) is 1. The molecule has 2 atom stereocenters. The van der Waals surface area contributed by atoms with Crippen molar-refractivity contribution in [2.75, 3.05) is 30.0 Å². The minimum absolute atomic E-state index is 0.386. The van der Waals surface area contributed by atoms with E-state index in [2.05, 4.69) is 60.0 Å². The van der Waals surface area contributed by atoms with Gasteiger partial charge in [-0.3, -0.25) is 4.98 Å². The highest BCUT2D eigenvalue weighted by atomic mass is 32.2.